The fourth-order valence-corrected chi connectivity index (χ4v) is 8.11. The van der Waals surface area contributed by atoms with Crippen molar-refractivity contribution in [3.63, 3.8) is 0 Å². The van der Waals surface area contributed by atoms with Crippen LogP contribution in [-0.4, -0.2) is 92.3 Å². The number of amides is 5. The highest BCUT2D eigenvalue weighted by Gasteiger charge is 2.20. The fraction of sp³-hybridized carbons (Fsp3) is 0.753. The van der Waals surface area contributed by atoms with Gasteiger partial charge in [0.05, 0.1) is 0 Å². The Morgan fingerprint density at radius 1 is 0.462 bits per heavy atom. The van der Waals surface area contributed by atoms with E-state index in [9.17, 15) is 24.0 Å². The van der Waals surface area contributed by atoms with Crippen molar-refractivity contribution in [2.75, 3.05) is 34.2 Å². The molecule has 0 aliphatic heterocycles. The van der Waals surface area contributed by atoms with Crippen molar-refractivity contribution < 1.29 is 24.0 Å². The molecule has 3 fully saturated rings. The van der Waals surface area contributed by atoms with Crippen molar-refractivity contribution in [3.8, 4) is 0 Å². The van der Waals surface area contributed by atoms with Crippen LogP contribution < -0.4 is 42.5 Å². The zero-order chi connectivity index (χ0) is 71.6. The van der Waals surface area contributed by atoms with E-state index in [0.29, 0.717) is 42.3 Å². The summed E-state index contributed by atoms with van der Waals surface area (Å²) in [6.45, 7) is 66.4. The van der Waals surface area contributed by atoms with Crippen molar-refractivity contribution in [1.82, 2.24) is 47.4 Å². The summed E-state index contributed by atoms with van der Waals surface area (Å²) in [5.74, 6) is 4.45. The maximum atomic E-state index is 11.3. The van der Waals surface area contributed by atoms with Crippen LogP contribution >= 0.6 is 0 Å². The first-order valence-electron chi connectivity index (χ1n) is 35.2. The van der Waals surface area contributed by atoms with E-state index >= 15 is 0 Å². The minimum atomic E-state index is -0.0959. The molecular formula is C77H149N9O5. The van der Waals surface area contributed by atoms with Crippen molar-refractivity contribution in [2.45, 2.75) is 286 Å². The van der Waals surface area contributed by atoms with E-state index in [1.807, 2.05) is 160 Å². The van der Waals surface area contributed by atoms with Gasteiger partial charge >= 0.3 is 0 Å². The van der Waals surface area contributed by atoms with E-state index in [1.54, 1.807) is 0 Å². The molecule has 0 heterocycles. The Hall–Kier alpha value is -5.27. The molecule has 532 valence electrons. The van der Waals surface area contributed by atoms with Gasteiger partial charge in [-0.1, -0.05) is 233 Å². The summed E-state index contributed by atoms with van der Waals surface area (Å²) in [7, 11) is 5.92. The highest BCUT2D eigenvalue weighted by atomic mass is 16.2. The first-order valence-corrected chi connectivity index (χ1v) is 35.2. The first kappa shape index (κ1) is 94.4. The van der Waals surface area contributed by atoms with E-state index in [-0.39, 0.29) is 70.7 Å². The van der Waals surface area contributed by atoms with E-state index in [4.69, 9.17) is 0 Å². The maximum Gasteiger partial charge on any atom is 0.222 e. The molecule has 0 bridgehead atoms. The summed E-state index contributed by atoms with van der Waals surface area (Å²) in [6.07, 6.45) is 18.3. The highest BCUT2D eigenvalue weighted by Crippen LogP contribution is 2.23. The molecule has 0 spiro atoms. The summed E-state index contributed by atoms with van der Waals surface area (Å²) in [5.41, 5.74) is 5.65. The second-order valence-electron chi connectivity index (χ2n) is 29.0. The van der Waals surface area contributed by atoms with Gasteiger partial charge in [-0.05, 0) is 115 Å². The largest absolute Gasteiger partial charge is 0.392 e. The number of rotatable bonds is 21. The van der Waals surface area contributed by atoms with Crippen LogP contribution in [0.1, 0.15) is 262 Å². The van der Waals surface area contributed by atoms with Gasteiger partial charge in [0.25, 0.3) is 0 Å². The molecular weight excluding hydrogens is 1130 g/mol. The lowest BCUT2D eigenvalue weighted by Crippen LogP contribution is -2.42. The minimum absolute atomic E-state index is 0.0590. The molecule has 14 nitrogen and oxygen atoms in total. The molecule has 3 aliphatic rings. The Balaban J connectivity index is -0.000000307. The molecule has 1 aromatic carbocycles. The van der Waals surface area contributed by atoms with Gasteiger partial charge in [0, 0.05) is 117 Å². The lowest BCUT2D eigenvalue weighted by Gasteiger charge is -2.23. The molecule has 0 atom stereocenters. The Labute approximate surface area is 563 Å². The van der Waals surface area contributed by atoms with Crippen LogP contribution in [0.2, 0.25) is 0 Å². The summed E-state index contributed by atoms with van der Waals surface area (Å²) in [6, 6.07) is 11.1. The van der Waals surface area contributed by atoms with Gasteiger partial charge in [0.1, 0.15) is 0 Å². The predicted octanol–water partition coefficient (Wildman–Crippen LogP) is 16.7. The average molecular weight is 1280 g/mol. The Kier molecular flexibility index (Phi) is 58.4. The van der Waals surface area contributed by atoms with Gasteiger partial charge in [-0.2, -0.15) is 0 Å². The maximum absolute atomic E-state index is 11.3. The molecule has 0 unspecified atom stereocenters. The molecule has 1 aromatic rings. The van der Waals surface area contributed by atoms with Crippen molar-refractivity contribution in [2.24, 2.45) is 59.2 Å². The molecule has 14 heteroatoms. The standard InChI is InChI=1S/C12H23N.C11H15NO.C10H19NO.C9H17NO.C8H17NO.C7H15NO.2C7H15N.C6H13N/c1-10(2)11(3)13-9-12-7-5-4-6-8-12;1-9(2)11(13)12-8-10-6-4-3-5-7-10;1-8(2)10(12)11-9-6-4-3-5-7-9;1-7(2)9(11)10-8-5-3-4-6-8;1-6(2)7(10)9-8(3,4)5;1-5(2)7(9)8-6(3)4;1-6(2)7(3)8(4)5;1-5-8-7(4)6(2)3;1-5(2)6(3)7-4/h10,12-13H,3-9H2,1-2H3;3-7,9H,8H2,1-2H3,(H,12,13);8-9H,3-7H2,1-2H3,(H,11,12);7-8H,3-6H2,1-2H3,(H,10,11);6H,1-5H3,(H,9,10);5-6H,1-4H3,(H,8,9);6H,3H2,1-2,4-5H3;6,8H,4-5H2,1-3H3;5,7H,3H2,1-2,4H3. The third-order valence-electron chi connectivity index (χ3n) is 14.9. The number of benzene rings is 1. The molecule has 0 radical (unpaired) electrons. The zero-order valence-corrected chi connectivity index (χ0v) is 64.2. The quantitative estimate of drug-likeness (QED) is 0.0593. The van der Waals surface area contributed by atoms with Crippen molar-refractivity contribution in [1.29, 1.82) is 0 Å². The van der Waals surface area contributed by atoms with E-state index in [1.165, 1.54) is 101 Å². The molecule has 0 aromatic heterocycles. The molecule has 3 aliphatic carbocycles. The SMILES string of the molecule is C=C(C(C)C)N(C)C.C=C(NC)C(C)C.C=C(NCC)C(C)C.C=C(NCC1CCCCC1)C(C)C.CC(C)C(=O)NC(C)(C)C.CC(C)C(=O)NC1CCCC1.CC(C)C(=O)NC1CCCCC1.CC(C)C(=O)NCc1ccccc1.CC(C)NC(=O)C(C)C. The third kappa shape index (κ3) is 60.7. The number of carbonyl (C=O) groups excluding carboxylic acids is 5. The summed E-state index contributed by atoms with van der Waals surface area (Å²) >= 11 is 0. The van der Waals surface area contributed by atoms with Gasteiger partial charge < -0.3 is 47.4 Å². The number of carbonyl (C=O) groups is 5. The number of hydrogen-bond acceptors (Lipinski definition) is 9. The van der Waals surface area contributed by atoms with E-state index in [0.717, 1.165) is 36.0 Å². The van der Waals surface area contributed by atoms with Crippen LogP contribution in [0.3, 0.4) is 0 Å². The van der Waals surface area contributed by atoms with Gasteiger partial charge in [-0.15, -0.1) is 0 Å². The van der Waals surface area contributed by atoms with Gasteiger partial charge in [0.15, 0.2) is 0 Å². The normalized spacial score (nSPS) is 13.8. The van der Waals surface area contributed by atoms with Crippen LogP contribution in [-0.2, 0) is 30.5 Å². The fourth-order valence-electron chi connectivity index (χ4n) is 8.11. The zero-order valence-electron chi connectivity index (χ0n) is 64.2. The monoisotopic (exact) mass is 1280 g/mol. The molecule has 4 rings (SSSR count). The van der Waals surface area contributed by atoms with Crippen LogP contribution in [0.5, 0.6) is 0 Å². The Morgan fingerprint density at radius 2 is 0.824 bits per heavy atom. The average Bonchev–Trinajstić information content (AvgIpc) is 3.92. The molecule has 5 amide bonds. The second kappa shape index (κ2) is 56.3. The summed E-state index contributed by atoms with van der Waals surface area (Å²) in [4.78, 5) is 57.6. The number of allylic oxidation sites excluding steroid dienone is 4. The highest BCUT2D eigenvalue weighted by molar-refractivity contribution is 5.79. The Bertz CT molecular complexity index is 2040. The molecule has 8 N–H and O–H groups in total. The minimum Gasteiger partial charge on any atom is -0.392 e. The smallest absolute Gasteiger partial charge is 0.222 e. The van der Waals surface area contributed by atoms with Crippen LogP contribution in [0.15, 0.2) is 79.4 Å². The number of nitrogens with zero attached hydrogens (tertiary/aromatic N) is 1. The topological polar surface area (TPSA) is 185 Å². The second-order valence-corrected chi connectivity index (χ2v) is 29.0. The number of hydrogen-bond donors (Lipinski definition) is 8. The summed E-state index contributed by atoms with van der Waals surface area (Å²) < 4.78 is 0. The molecule has 3 saturated carbocycles. The van der Waals surface area contributed by atoms with Crippen molar-refractivity contribution in [3.05, 3.63) is 85.0 Å². The lowest BCUT2D eigenvalue weighted by molar-refractivity contribution is -0.126. The van der Waals surface area contributed by atoms with E-state index in [2.05, 4.69) is 131 Å². The van der Waals surface area contributed by atoms with Gasteiger partial charge in [-0.3, -0.25) is 24.0 Å². The van der Waals surface area contributed by atoms with Gasteiger partial charge in [0.2, 0.25) is 29.5 Å². The first-order chi connectivity index (χ1) is 42.1. The van der Waals surface area contributed by atoms with Crippen LogP contribution in [0, 0.1) is 59.2 Å². The third-order valence-corrected chi connectivity index (χ3v) is 14.9. The predicted molar refractivity (Wildman–Crippen MR) is 396 cm³/mol. The van der Waals surface area contributed by atoms with E-state index < -0.39 is 0 Å². The lowest BCUT2D eigenvalue weighted by atomic mass is 9.89. The molecule has 0 saturated heterocycles. The van der Waals surface area contributed by atoms with Gasteiger partial charge in [-0.25, -0.2) is 0 Å². The summed E-state index contributed by atoms with van der Waals surface area (Å²) in [5, 5.41) is 24.2. The van der Waals surface area contributed by atoms with Crippen LogP contribution in [0.4, 0.5) is 0 Å². The Morgan fingerprint density at radius 3 is 1.08 bits per heavy atom. The number of nitrogens with one attached hydrogen (secondary N) is 8. The van der Waals surface area contributed by atoms with Crippen LogP contribution in [0.25, 0.3) is 0 Å². The molecule has 91 heavy (non-hydrogen) atoms. The van der Waals surface area contributed by atoms with Crippen molar-refractivity contribution >= 4 is 29.5 Å².